The molecule has 0 spiro atoms. The fraction of sp³-hybridized carbons (Fsp3) is 0.526. The van der Waals surface area contributed by atoms with E-state index in [2.05, 4.69) is 30.2 Å². The molecule has 8 nitrogen and oxygen atoms in total. The first-order valence-electron chi connectivity index (χ1n) is 9.59. The van der Waals surface area contributed by atoms with Gasteiger partial charge in [-0.3, -0.25) is 4.90 Å². The Labute approximate surface area is 157 Å². The quantitative estimate of drug-likeness (QED) is 0.685. The van der Waals surface area contributed by atoms with E-state index in [0.717, 1.165) is 49.8 Å². The third-order valence-electron chi connectivity index (χ3n) is 5.50. The first-order chi connectivity index (χ1) is 13.3. The van der Waals surface area contributed by atoms with Gasteiger partial charge in [0.25, 0.3) is 0 Å². The van der Waals surface area contributed by atoms with Gasteiger partial charge < -0.3 is 4.74 Å². The summed E-state index contributed by atoms with van der Waals surface area (Å²) in [4.78, 5) is 11.5. The van der Waals surface area contributed by atoms with Crippen molar-refractivity contribution in [3.63, 3.8) is 0 Å². The lowest BCUT2D eigenvalue weighted by Crippen LogP contribution is -2.33. The first-order valence-corrected chi connectivity index (χ1v) is 9.59. The average Bonchev–Trinajstić information content (AvgIpc) is 3.48. The van der Waals surface area contributed by atoms with Crippen molar-refractivity contribution in [2.45, 2.75) is 44.1 Å². The van der Waals surface area contributed by atoms with E-state index in [0.29, 0.717) is 17.7 Å². The van der Waals surface area contributed by atoms with Crippen LogP contribution in [-0.4, -0.2) is 54.9 Å². The summed E-state index contributed by atoms with van der Waals surface area (Å²) >= 11 is 0. The minimum absolute atomic E-state index is 0.365. The highest BCUT2D eigenvalue weighted by Crippen LogP contribution is 2.37. The number of hydrogen-bond donors (Lipinski definition) is 0. The highest BCUT2D eigenvalue weighted by Gasteiger charge is 2.27. The van der Waals surface area contributed by atoms with E-state index in [1.807, 2.05) is 29.0 Å². The Kier molecular flexibility index (Phi) is 4.20. The minimum Gasteiger partial charge on any atom is -0.480 e. The molecule has 2 aliphatic rings. The maximum Gasteiger partial charge on any atom is 0.231 e. The van der Waals surface area contributed by atoms with E-state index >= 15 is 0 Å². The Bertz CT molecular complexity index is 927. The second kappa shape index (κ2) is 6.84. The topological polar surface area (TPSA) is 81.3 Å². The van der Waals surface area contributed by atoms with Crippen molar-refractivity contribution < 1.29 is 4.74 Å². The van der Waals surface area contributed by atoms with E-state index in [-0.39, 0.29) is 0 Å². The molecule has 4 heterocycles. The molecular formula is C19H23N7O. The van der Waals surface area contributed by atoms with Crippen LogP contribution < -0.4 is 4.74 Å². The van der Waals surface area contributed by atoms with Gasteiger partial charge in [-0.1, -0.05) is 0 Å². The summed E-state index contributed by atoms with van der Waals surface area (Å²) in [6.07, 6.45) is 8.56. The fourth-order valence-electron chi connectivity index (χ4n) is 3.76. The normalized spacial score (nSPS) is 18.9. The van der Waals surface area contributed by atoms with Crippen molar-refractivity contribution in [1.29, 1.82) is 0 Å². The summed E-state index contributed by atoms with van der Waals surface area (Å²) in [6, 6.07) is 3.70. The smallest absolute Gasteiger partial charge is 0.231 e. The maximum absolute atomic E-state index is 5.24. The number of aromatic nitrogens is 6. The van der Waals surface area contributed by atoms with Gasteiger partial charge >= 0.3 is 0 Å². The molecule has 8 heteroatoms. The van der Waals surface area contributed by atoms with Crippen molar-refractivity contribution in [1.82, 2.24) is 34.7 Å². The Morgan fingerprint density at radius 1 is 1.00 bits per heavy atom. The minimum atomic E-state index is 0.365. The second-order valence-corrected chi connectivity index (χ2v) is 7.48. The average molecular weight is 365 g/mol. The number of piperidine rings is 1. The zero-order valence-electron chi connectivity index (χ0n) is 15.5. The number of ether oxygens (including phenoxy) is 1. The highest BCUT2D eigenvalue weighted by atomic mass is 16.5. The Morgan fingerprint density at radius 3 is 2.48 bits per heavy atom. The van der Waals surface area contributed by atoms with E-state index < -0.39 is 0 Å². The van der Waals surface area contributed by atoms with Crippen molar-refractivity contribution in [3.05, 3.63) is 41.7 Å². The van der Waals surface area contributed by atoms with Crippen LogP contribution in [0.5, 0.6) is 5.88 Å². The molecule has 0 aromatic carbocycles. The maximum atomic E-state index is 5.24. The van der Waals surface area contributed by atoms with Gasteiger partial charge in [-0.15, -0.1) is 15.3 Å². The van der Waals surface area contributed by atoms with Crippen LogP contribution in [-0.2, 0) is 6.54 Å². The lowest BCUT2D eigenvalue weighted by atomic mass is 9.96. The van der Waals surface area contributed by atoms with Crippen LogP contribution in [0.25, 0.3) is 5.65 Å². The van der Waals surface area contributed by atoms with Gasteiger partial charge in [0.15, 0.2) is 11.5 Å². The standard InChI is InChI=1S/C19H23N7O/c1-27-17-5-4-16-22-23-19(26(16)24-17)15-6-8-25(9-7-15)12-13-10-20-18(21-11-13)14-2-3-14/h4-5,10-11,14-15H,2-3,6-9,12H2,1H3. The molecule has 0 radical (unpaired) electrons. The number of methoxy groups -OCH3 is 1. The van der Waals surface area contributed by atoms with Crippen molar-refractivity contribution in [2.75, 3.05) is 20.2 Å². The highest BCUT2D eigenvalue weighted by molar-refractivity contribution is 5.38. The lowest BCUT2D eigenvalue weighted by Gasteiger charge is -2.30. The number of hydrogen-bond acceptors (Lipinski definition) is 7. The first kappa shape index (κ1) is 16.6. The molecule has 3 aromatic heterocycles. The van der Waals surface area contributed by atoms with Crippen LogP contribution >= 0.6 is 0 Å². The molecular weight excluding hydrogens is 342 g/mol. The van der Waals surface area contributed by atoms with Crippen LogP contribution in [0.4, 0.5) is 0 Å². The van der Waals surface area contributed by atoms with E-state index in [1.165, 1.54) is 18.4 Å². The van der Waals surface area contributed by atoms with Crippen LogP contribution in [0.1, 0.15) is 54.7 Å². The molecule has 0 N–H and O–H groups in total. The summed E-state index contributed by atoms with van der Waals surface area (Å²) in [5.41, 5.74) is 1.96. The fourth-order valence-corrected chi connectivity index (χ4v) is 3.76. The number of rotatable bonds is 5. The van der Waals surface area contributed by atoms with Crippen LogP contribution in [0.15, 0.2) is 24.5 Å². The van der Waals surface area contributed by atoms with Crippen molar-refractivity contribution >= 4 is 5.65 Å². The molecule has 140 valence electrons. The summed E-state index contributed by atoms with van der Waals surface area (Å²) in [6.45, 7) is 2.95. The number of fused-ring (bicyclic) bond motifs is 1. The molecule has 5 rings (SSSR count). The Hall–Kier alpha value is -2.61. The second-order valence-electron chi connectivity index (χ2n) is 7.48. The largest absolute Gasteiger partial charge is 0.480 e. The van der Waals surface area contributed by atoms with E-state index in [9.17, 15) is 0 Å². The Balaban J connectivity index is 1.23. The summed E-state index contributed by atoms with van der Waals surface area (Å²) in [7, 11) is 1.62. The molecule has 0 atom stereocenters. The SMILES string of the molecule is COc1ccc2nnc(C3CCN(Cc4cnc(C5CC5)nc4)CC3)n2n1. The predicted octanol–water partition coefficient (Wildman–Crippen LogP) is 2.18. The lowest BCUT2D eigenvalue weighted by molar-refractivity contribution is 0.200. The molecule has 3 aromatic rings. The van der Waals surface area contributed by atoms with Gasteiger partial charge in [-0.2, -0.15) is 4.52 Å². The van der Waals surface area contributed by atoms with Crippen molar-refractivity contribution in [2.24, 2.45) is 0 Å². The molecule has 1 aliphatic heterocycles. The molecule has 1 aliphatic carbocycles. The van der Waals surface area contributed by atoms with Gasteiger partial charge in [0, 0.05) is 42.4 Å². The third kappa shape index (κ3) is 3.37. The van der Waals surface area contributed by atoms with Crippen molar-refractivity contribution in [3.8, 4) is 5.88 Å². The van der Waals surface area contributed by atoms with E-state index in [4.69, 9.17) is 4.74 Å². The number of nitrogens with zero attached hydrogens (tertiary/aromatic N) is 7. The third-order valence-corrected chi connectivity index (χ3v) is 5.50. The summed E-state index contributed by atoms with van der Waals surface area (Å²) < 4.78 is 7.06. The molecule has 2 fully saturated rings. The number of likely N-dealkylation sites (tertiary alicyclic amines) is 1. The van der Waals surface area contributed by atoms with Crippen LogP contribution in [0.3, 0.4) is 0 Å². The van der Waals surface area contributed by atoms with Gasteiger partial charge in [-0.25, -0.2) is 9.97 Å². The van der Waals surface area contributed by atoms with E-state index in [1.54, 1.807) is 7.11 Å². The van der Waals surface area contributed by atoms with Crippen LogP contribution in [0.2, 0.25) is 0 Å². The molecule has 0 amide bonds. The molecule has 0 unspecified atom stereocenters. The summed E-state index contributed by atoms with van der Waals surface area (Å²) in [5, 5.41) is 13.1. The molecule has 1 saturated carbocycles. The zero-order chi connectivity index (χ0) is 18.2. The molecule has 1 saturated heterocycles. The van der Waals surface area contributed by atoms with Gasteiger partial charge in [-0.05, 0) is 44.8 Å². The monoisotopic (exact) mass is 365 g/mol. The van der Waals surface area contributed by atoms with Crippen LogP contribution in [0, 0.1) is 0 Å². The molecule has 27 heavy (non-hydrogen) atoms. The zero-order valence-corrected chi connectivity index (χ0v) is 15.5. The molecule has 0 bridgehead atoms. The Morgan fingerprint density at radius 2 is 1.78 bits per heavy atom. The van der Waals surface area contributed by atoms with Gasteiger partial charge in [0.2, 0.25) is 5.88 Å². The predicted molar refractivity (Wildman–Crippen MR) is 98.6 cm³/mol. The van der Waals surface area contributed by atoms with Gasteiger partial charge in [0.05, 0.1) is 7.11 Å². The van der Waals surface area contributed by atoms with Gasteiger partial charge in [0.1, 0.15) is 5.82 Å². The summed E-state index contributed by atoms with van der Waals surface area (Å²) in [5.74, 6) is 3.50.